The highest BCUT2D eigenvalue weighted by Crippen LogP contribution is 2.21. The van der Waals surface area contributed by atoms with E-state index in [0.717, 1.165) is 11.1 Å². The average molecular weight is 506 g/mol. The van der Waals surface area contributed by atoms with Crippen LogP contribution < -0.4 is 4.72 Å². The number of nitrogens with one attached hydrogen (secondary N) is 1. The first kappa shape index (κ1) is 24.2. The van der Waals surface area contributed by atoms with Gasteiger partial charge in [-0.2, -0.15) is 0 Å². The lowest BCUT2D eigenvalue weighted by Gasteiger charge is -2.10. The molecule has 0 aromatic heterocycles. The van der Waals surface area contributed by atoms with Gasteiger partial charge >= 0.3 is 5.97 Å². The Bertz CT molecular complexity index is 1470. The van der Waals surface area contributed by atoms with Crippen LogP contribution in [0.1, 0.15) is 20.7 Å². The van der Waals surface area contributed by atoms with E-state index < -0.39 is 22.6 Å². The topological polar surface area (TPSA) is 89.5 Å². The number of hydrogen-bond acceptors (Lipinski definition) is 5. The Morgan fingerprint density at radius 1 is 0.743 bits per heavy atom. The van der Waals surface area contributed by atoms with E-state index in [-0.39, 0.29) is 21.9 Å². The normalized spacial score (nSPS) is 11.0. The Balaban J connectivity index is 1.40. The van der Waals surface area contributed by atoms with Crippen LogP contribution in [0.5, 0.6) is 0 Å². The molecule has 35 heavy (non-hydrogen) atoms. The number of ketones is 1. The summed E-state index contributed by atoms with van der Waals surface area (Å²) in [6.45, 7) is -0.471. The Hall–Kier alpha value is -3.94. The molecule has 0 bridgehead atoms. The molecule has 0 heterocycles. The molecule has 4 aromatic rings. The lowest BCUT2D eigenvalue weighted by atomic mass is 10.0. The first-order chi connectivity index (χ1) is 16.8. The number of carbonyl (C=O) groups excluding carboxylic acids is 2. The maximum Gasteiger partial charge on any atom is 0.338 e. The van der Waals surface area contributed by atoms with Gasteiger partial charge in [-0.3, -0.25) is 9.52 Å². The van der Waals surface area contributed by atoms with Crippen molar-refractivity contribution in [2.24, 2.45) is 0 Å². The summed E-state index contributed by atoms with van der Waals surface area (Å²) in [4.78, 5) is 24.9. The minimum Gasteiger partial charge on any atom is -0.454 e. The summed E-state index contributed by atoms with van der Waals surface area (Å²) in [6, 6.07) is 28.4. The maximum atomic E-state index is 12.7. The molecule has 0 radical (unpaired) electrons. The molecule has 0 amide bonds. The first-order valence-electron chi connectivity index (χ1n) is 10.6. The summed E-state index contributed by atoms with van der Waals surface area (Å²) in [5.41, 5.74) is 2.68. The highest BCUT2D eigenvalue weighted by atomic mass is 35.5. The molecule has 0 aliphatic carbocycles. The van der Waals surface area contributed by atoms with Gasteiger partial charge < -0.3 is 4.74 Å². The van der Waals surface area contributed by atoms with Crippen LogP contribution in [0.3, 0.4) is 0 Å². The Morgan fingerprint density at radius 2 is 1.43 bits per heavy atom. The second-order valence-electron chi connectivity index (χ2n) is 7.59. The molecule has 0 atom stereocenters. The van der Waals surface area contributed by atoms with Crippen LogP contribution in [0.2, 0.25) is 5.02 Å². The fourth-order valence-electron chi connectivity index (χ4n) is 3.33. The number of esters is 1. The first-order valence-corrected chi connectivity index (χ1v) is 12.4. The zero-order valence-electron chi connectivity index (χ0n) is 18.3. The average Bonchev–Trinajstić information content (AvgIpc) is 2.87. The van der Waals surface area contributed by atoms with Crippen LogP contribution in [-0.2, 0) is 14.8 Å². The monoisotopic (exact) mass is 505 g/mol. The quantitative estimate of drug-likeness (QED) is 0.240. The molecular formula is C27H20ClNO5S. The second-order valence-corrected chi connectivity index (χ2v) is 9.71. The number of sulfonamides is 1. The van der Waals surface area contributed by atoms with Crippen molar-refractivity contribution in [2.45, 2.75) is 4.90 Å². The Morgan fingerprint density at radius 3 is 2.14 bits per heavy atom. The number of carbonyl (C=O) groups is 2. The summed E-state index contributed by atoms with van der Waals surface area (Å²) in [5, 5.41) is 0.377. The predicted octanol–water partition coefficient (Wildman–Crippen LogP) is 5.85. The molecule has 4 aromatic carbocycles. The lowest BCUT2D eigenvalue weighted by Crippen LogP contribution is -2.16. The van der Waals surface area contributed by atoms with E-state index in [1.807, 2.05) is 42.5 Å². The van der Waals surface area contributed by atoms with Gasteiger partial charge in [0.25, 0.3) is 10.0 Å². The van der Waals surface area contributed by atoms with Crippen LogP contribution in [0.4, 0.5) is 5.69 Å². The zero-order chi connectivity index (χ0) is 24.8. The minimum absolute atomic E-state index is 0.00574. The third kappa shape index (κ3) is 6.15. The van der Waals surface area contributed by atoms with Crippen molar-refractivity contribution in [3.8, 4) is 11.1 Å². The maximum absolute atomic E-state index is 12.7. The Kier molecular flexibility index (Phi) is 7.29. The fourth-order valence-corrected chi connectivity index (χ4v) is 4.62. The second kappa shape index (κ2) is 10.5. The molecule has 176 valence electrons. The number of benzene rings is 4. The summed E-state index contributed by atoms with van der Waals surface area (Å²) in [6.07, 6.45) is 0. The van der Waals surface area contributed by atoms with Gasteiger partial charge in [-0.1, -0.05) is 78.3 Å². The van der Waals surface area contributed by atoms with Gasteiger partial charge in [0.15, 0.2) is 12.4 Å². The van der Waals surface area contributed by atoms with Crippen molar-refractivity contribution in [2.75, 3.05) is 11.3 Å². The van der Waals surface area contributed by atoms with Crippen molar-refractivity contribution in [1.82, 2.24) is 0 Å². The highest BCUT2D eigenvalue weighted by Gasteiger charge is 2.18. The number of anilines is 1. The summed E-state index contributed by atoms with van der Waals surface area (Å²) < 4.78 is 33.0. The molecule has 0 saturated heterocycles. The van der Waals surface area contributed by atoms with Gasteiger partial charge in [0.1, 0.15) is 0 Å². The third-order valence-electron chi connectivity index (χ3n) is 5.11. The van der Waals surface area contributed by atoms with Crippen LogP contribution in [-0.4, -0.2) is 26.8 Å². The van der Waals surface area contributed by atoms with Gasteiger partial charge in [-0.05, 0) is 47.5 Å². The smallest absolute Gasteiger partial charge is 0.338 e. The molecule has 8 heteroatoms. The highest BCUT2D eigenvalue weighted by molar-refractivity contribution is 7.92. The fraction of sp³-hybridized carbons (Fsp3) is 0.0370. The molecule has 0 unspecified atom stereocenters. The van der Waals surface area contributed by atoms with E-state index in [4.69, 9.17) is 16.3 Å². The SMILES string of the molecule is O=C(COC(=O)c1cccc(S(=O)(=O)Nc2cccc(Cl)c2)c1)c1ccc(-c2ccccc2)cc1. The molecule has 6 nitrogen and oxygen atoms in total. The Labute approximate surface area is 208 Å². The molecule has 0 spiro atoms. The van der Waals surface area contributed by atoms with Crippen LogP contribution in [0.15, 0.2) is 108 Å². The number of rotatable bonds is 8. The van der Waals surface area contributed by atoms with Gasteiger partial charge in [-0.25, -0.2) is 13.2 Å². The molecular weight excluding hydrogens is 486 g/mol. The standard InChI is InChI=1S/C27H20ClNO5S/c28-23-9-5-10-24(17-23)29-35(32,33)25-11-4-8-22(16-25)27(31)34-18-26(30)21-14-12-20(13-15-21)19-6-2-1-3-7-19/h1-17,29H,18H2. The largest absolute Gasteiger partial charge is 0.454 e. The van der Waals surface area contributed by atoms with E-state index in [1.165, 1.54) is 30.3 Å². The van der Waals surface area contributed by atoms with E-state index in [0.29, 0.717) is 10.6 Å². The van der Waals surface area contributed by atoms with Crippen LogP contribution in [0.25, 0.3) is 11.1 Å². The van der Waals surface area contributed by atoms with Gasteiger partial charge in [0, 0.05) is 10.6 Å². The molecule has 0 saturated carbocycles. The lowest BCUT2D eigenvalue weighted by molar-refractivity contribution is 0.0474. The number of halogens is 1. The molecule has 0 aliphatic rings. The van der Waals surface area contributed by atoms with E-state index in [1.54, 1.807) is 30.3 Å². The van der Waals surface area contributed by atoms with Gasteiger partial charge in [0.2, 0.25) is 0 Å². The molecule has 0 fully saturated rings. The van der Waals surface area contributed by atoms with Crippen molar-refractivity contribution in [3.63, 3.8) is 0 Å². The number of Topliss-reactive ketones (excluding diaryl/α,β-unsaturated/α-hetero) is 1. The third-order valence-corrected chi connectivity index (χ3v) is 6.72. The van der Waals surface area contributed by atoms with Gasteiger partial charge in [0.05, 0.1) is 16.1 Å². The summed E-state index contributed by atoms with van der Waals surface area (Å²) in [5.74, 6) is -1.18. The van der Waals surface area contributed by atoms with Crippen LogP contribution in [0, 0.1) is 0 Å². The van der Waals surface area contributed by atoms with Crippen molar-refractivity contribution in [3.05, 3.63) is 119 Å². The number of hydrogen-bond donors (Lipinski definition) is 1. The minimum atomic E-state index is -3.97. The van der Waals surface area contributed by atoms with Crippen molar-refractivity contribution in [1.29, 1.82) is 0 Å². The van der Waals surface area contributed by atoms with E-state index in [2.05, 4.69) is 4.72 Å². The van der Waals surface area contributed by atoms with E-state index >= 15 is 0 Å². The predicted molar refractivity (Wildman–Crippen MR) is 135 cm³/mol. The summed E-state index contributed by atoms with van der Waals surface area (Å²) in [7, 11) is -3.97. The summed E-state index contributed by atoms with van der Waals surface area (Å²) >= 11 is 5.90. The van der Waals surface area contributed by atoms with Crippen molar-refractivity contribution < 1.29 is 22.7 Å². The van der Waals surface area contributed by atoms with E-state index in [9.17, 15) is 18.0 Å². The molecule has 1 N–H and O–H groups in total. The molecule has 0 aliphatic heterocycles. The van der Waals surface area contributed by atoms with Gasteiger partial charge in [-0.15, -0.1) is 0 Å². The number of ether oxygens (including phenoxy) is 1. The van der Waals surface area contributed by atoms with Crippen molar-refractivity contribution >= 4 is 39.1 Å². The molecule has 4 rings (SSSR count). The zero-order valence-corrected chi connectivity index (χ0v) is 19.9. The van der Waals surface area contributed by atoms with Crippen LogP contribution >= 0.6 is 11.6 Å².